The lowest BCUT2D eigenvalue weighted by molar-refractivity contribution is -0.139. The first kappa shape index (κ1) is 18.2. The maximum absolute atomic E-state index is 12.0. The molecule has 0 aromatic heterocycles. The van der Waals surface area contributed by atoms with Crippen molar-refractivity contribution < 1.29 is 19.1 Å². The van der Waals surface area contributed by atoms with Gasteiger partial charge in [0.1, 0.15) is 6.54 Å². The van der Waals surface area contributed by atoms with E-state index in [0.29, 0.717) is 4.90 Å². The summed E-state index contributed by atoms with van der Waals surface area (Å²) >= 11 is 0.927. The van der Waals surface area contributed by atoms with Crippen LogP contribution in [0.3, 0.4) is 0 Å². The highest BCUT2D eigenvalue weighted by molar-refractivity contribution is 8.13. The summed E-state index contributed by atoms with van der Waals surface area (Å²) in [5, 5.41) is 12.2. The van der Waals surface area contributed by atoms with Crippen LogP contribution in [0.2, 0.25) is 0 Å². The van der Waals surface area contributed by atoms with E-state index in [-0.39, 0.29) is 11.7 Å². The van der Waals surface area contributed by atoms with Gasteiger partial charge in [0, 0.05) is 5.54 Å². The predicted octanol–water partition coefficient (Wildman–Crippen LogP) is 0.977. The number of amidine groups is 1. The number of carbonyl (C=O) groups is 3. The van der Waals surface area contributed by atoms with Gasteiger partial charge in [0.15, 0.2) is 5.17 Å². The van der Waals surface area contributed by atoms with Crippen LogP contribution in [0.1, 0.15) is 20.8 Å². The minimum Gasteiger partial charge on any atom is -0.468 e. The average molecular weight is 304 g/mol. The number of hydrogen-bond donors (Lipinski definition) is 3. The van der Waals surface area contributed by atoms with Crippen molar-refractivity contribution in [1.29, 1.82) is 5.41 Å². The average Bonchev–Trinajstić information content (AvgIpc) is 2.33. The number of nitrogens with one attached hydrogen (secondary N) is 3. The molecule has 0 aliphatic heterocycles. The molecule has 0 aromatic rings. The van der Waals surface area contributed by atoms with Gasteiger partial charge in [-0.25, -0.2) is 9.59 Å². The number of urea groups is 2. The van der Waals surface area contributed by atoms with E-state index in [1.807, 2.05) is 0 Å². The van der Waals surface area contributed by atoms with E-state index < -0.39 is 23.6 Å². The summed E-state index contributed by atoms with van der Waals surface area (Å²) in [6, 6.07) is -1.60. The lowest BCUT2D eigenvalue weighted by Crippen LogP contribution is -2.55. The molecule has 0 saturated carbocycles. The fourth-order valence-corrected chi connectivity index (χ4v) is 1.39. The van der Waals surface area contributed by atoms with E-state index in [9.17, 15) is 14.4 Å². The van der Waals surface area contributed by atoms with Gasteiger partial charge < -0.3 is 15.4 Å². The van der Waals surface area contributed by atoms with Crippen LogP contribution >= 0.6 is 11.8 Å². The van der Waals surface area contributed by atoms with Gasteiger partial charge in [-0.15, -0.1) is 0 Å². The molecular formula is C11H20N4O4S. The molecule has 0 radical (unpaired) electrons. The van der Waals surface area contributed by atoms with Gasteiger partial charge in [-0.2, -0.15) is 4.90 Å². The number of thioether (sulfide) groups is 1. The maximum Gasteiger partial charge on any atom is 0.332 e. The molecule has 8 nitrogen and oxygen atoms in total. The first-order valence-electron chi connectivity index (χ1n) is 5.72. The molecule has 0 aliphatic rings. The first-order valence-corrected chi connectivity index (χ1v) is 6.94. The Morgan fingerprint density at radius 3 is 2.20 bits per heavy atom. The number of methoxy groups -OCH3 is 1. The molecule has 0 rings (SSSR count). The zero-order valence-corrected chi connectivity index (χ0v) is 13.0. The van der Waals surface area contributed by atoms with Crippen molar-refractivity contribution in [3.63, 3.8) is 0 Å². The topological polar surface area (TPSA) is 112 Å². The highest BCUT2D eigenvalue weighted by Gasteiger charge is 2.28. The molecule has 0 atom stereocenters. The third-order valence-electron chi connectivity index (χ3n) is 1.90. The van der Waals surface area contributed by atoms with E-state index in [4.69, 9.17) is 5.41 Å². The molecule has 0 heterocycles. The van der Waals surface area contributed by atoms with Crippen LogP contribution < -0.4 is 10.6 Å². The van der Waals surface area contributed by atoms with E-state index >= 15 is 0 Å². The lowest BCUT2D eigenvalue weighted by Gasteiger charge is -2.26. The van der Waals surface area contributed by atoms with E-state index in [0.717, 1.165) is 11.8 Å². The van der Waals surface area contributed by atoms with Crippen molar-refractivity contribution in [1.82, 2.24) is 15.5 Å². The fraction of sp³-hybridized carbons (Fsp3) is 0.636. The summed E-state index contributed by atoms with van der Waals surface area (Å²) in [5.74, 6) is -0.648. The molecule has 9 heteroatoms. The van der Waals surface area contributed by atoms with Crippen LogP contribution in [-0.4, -0.2) is 53.5 Å². The van der Waals surface area contributed by atoms with Gasteiger partial charge in [0.25, 0.3) is 0 Å². The monoisotopic (exact) mass is 304 g/mol. The summed E-state index contributed by atoms with van der Waals surface area (Å²) in [4.78, 5) is 35.5. The molecule has 0 aliphatic carbocycles. The lowest BCUT2D eigenvalue weighted by atomic mass is 10.1. The second-order valence-electron chi connectivity index (χ2n) is 4.76. The fourth-order valence-electron chi connectivity index (χ4n) is 1.04. The van der Waals surface area contributed by atoms with Crippen LogP contribution in [-0.2, 0) is 9.53 Å². The van der Waals surface area contributed by atoms with Crippen molar-refractivity contribution in [2.75, 3.05) is 19.9 Å². The number of nitrogens with zero attached hydrogens (tertiary/aromatic N) is 1. The van der Waals surface area contributed by atoms with Gasteiger partial charge in [0.2, 0.25) is 0 Å². The third-order valence-corrected chi connectivity index (χ3v) is 2.47. The molecule has 0 fully saturated rings. The van der Waals surface area contributed by atoms with E-state index in [2.05, 4.69) is 15.4 Å². The molecule has 4 amide bonds. The highest BCUT2D eigenvalue weighted by atomic mass is 32.2. The Labute approximate surface area is 122 Å². The first-order chi connectivity index (χ1) is 9.12. The largest absolute Gasteiger partial charge is 0.468 e. The van der Waals surface area contributed by atoms with Crippen molar-refractivity contribution in [2.45, 2.75) is 26.3 Å². The minimum absolute atomic E-state index is 0.255. The summed E-state index contributed by atoms with van der Waals surface area (Å²) in [5.41, 5.74) is -0.559. The summed E-state index contributed by atoms with van der Waals surface area (Å²) in [6.07, 6.45) is 1.56. The Bertz CT molecular complexity index is 406. The quantitative estimate of drug-likeness (QED) is 0.400. The Balaban J connectivity index is 4.88. The molecule has 0 bridgehead atoms. The molecule has 20 heavy (non-hydrogen) atoms. The normalized spacial score (nSPS) is 10.4. The standard InChI is InChI=1S/C11H20N4O4S/c1-11(2,3)14-10(18)15(8(12)20-5)9(17)13-6-7(16)19-4/h12H,6H2,1-5H3,(H,13,17)(H,14,18). The Morgan fingerprint density at radius 1 is 1.25 bits per heavy atom. The molecule has 0 spiro atoms. The van der Waals surface area contributed by atoms with Crippen LogP contribution in [0.25, 0.3) is 0 Å². The van der Waals surface area contributed by atoms with Gasteiger partial charge >= 0.3 is 18.0 Å². The zero-order valence-electron chi connectivity index (χ0n) is 12.2. The highest BCUT2D eigenvalue weighted by Crippen LogP contribution is 2.07. The van der Waals surface area contributed by atoms with Crippen LogP contribution in [0.15, 0.2) is 0 Å². The maximum atomic E-state index is 12.0. The second kappa shape index (κ2) is 7.73. The number of esters is 1. The number of carbonyl (C=O) groups excluding carboxylic acids is 3. The summed E-state index contributed by atoms with van der Waals surface area (Å²) in [7, 11) is 1.18. The van der Waals surface area contributed by atoms with Gasteiger partial charge in [-0.3, -0.25) is 10.2 Å². The number of hydrogen-bond acceptors (Lipinski definition) is 6. The van der Waals surface area contributed by atoms with Crippen molar-refractivity contribution >= 4 is 35.0 Å². The Morgan fingerprint density at radius 2 is 1.80 bits per heavy atom. The number of imide groups is 1. The second-order valence-corrected chi connectivity index (χ2v) is 5.55. The zero-order chi connectivity index (χ0) is 15.9. The van der Waals surface area contributed by atoms with Gasteiger partial charge in [-0.05, 0) is 27.0 Å². The minimum atomic E-state index is -0.864. The van der Waals surface area contributed by atoms with Gasteiger partial charge in [-0.1, -0.05) is 11.8 Å². The van der Waals surface area contributed by atoms with Crippen molar-refractivity contribution in [3.05, 3.63) is 0 Å². The van der Waals surface area contributed by atoms with E-state index in [1.165, 1.54) is 7.11 Å². The number of rotatable bonds is 2. The molecular weight excluding hydrogens is 284 g/mol. The molecule has 0 unspecified atom stereocenters. The molecule has 114 valence electrons. The predicted molar refractivity (Wildman–Crippen MR) is 76.8 cm³/mol. The van der Waals surface area contributed by atoms with Crippen molar-refractivity contribution in [2.24, 2.45) is 0 Å². The molecule has 3 N–H and O–H groups in total. The number of amides is 4. The number of ether oxygens (including phenoxy) is 1. The Kier molecular flexibility index (Phi) is 7.05. The Hall–Kier alpha value is -1.77. The third kappa shape index (κ3) is 6.41. The smallest absolute Gasteiger partial charge is 0.332 e. The van der Waals surface area contributed by atoms with Gasteiger partial charge in [0.05, 0.1) is 7.11 Å². The SMILES string of the molecule is COC(=O)CNC(=O)N(C(=N)SC)C(=O)NC(C)(C)C. The molecule has 0 aromatic carbocycles. The summed E-state index contributed by atoms with van der Waals surface area (Å²) in [6.45, 7) is 4.87. The van der Waals surface area contributed by atoms with E-state index in [1.54, 1.807) is 27.0 Å². The summed E-state index contributed by atoms with van der Waals surface area (Å²) < 4.78 is 4.38. The van der Waals surface area contributed by atoms with Crippen LogP contribution in [0, 0.1) is 5.41 Å². The van der Waals surface area contributed by atoms with Crippen LogP contribution in [0.5, 0.6) is 0 Å². The van der Waals surface area contributed by atoms with Crippen molar-refractivity contribution in [3.8, 4) is 0 Å². The van der Waals surface area contributed by atoms with Crippen LogP contribution in [0.4, 0.5) is 9.59 Å². The molecule has 0 saturated heterocycles.